The fourth-order valence-corrected chi connectivity index (χ4v) is 1.84. The standard InChI is InChI=1S/C11H15N3/c1-3-14-10(6-9(2)13-14)7-11(8-12)4-5-11/h6H,3-5,7H2,1-2H3. The van der Waals surface area contributed by atoms with Gasteiger partial charge in [0.05, 0.1) is 17.2 Å². The molecular weight excluding hydrogens is 174 g/mol. The van der Waals surface area contributed by atoms with Crippen molar-refractivity contribution in [2.45, 2.75) is 39.7 Å². The third-order valence-corrected chi connectivity index (χ3v) is 2.90. The van der Waals surface area contributed by atoms with Crippen LogP contribution in [0.15, 0.2) is 6.07 Å². The van der Waals surface area contributed by atoms with Crippen LogP contribution >= 0.6 is 0 Å². The zero-order valence-corrected chi connectivity index (χ0v) is 8.75. The molecule has 74 valence electrons. The summed E-state index contributed by atoms with van der Waals surface area (Å²) in [6.07, 6.45) is 2.98. The zero-order chi connectivity index (χ0) is 10.2. The topological polar surface area (TPSA) is 41.6 Å². The SMILES string of the molecule is CCn1nc(C)cc1CC1(C#N)CC1. The Labute approximate surface area is 84.3 Å². The Balaban J connectivity index is 2.20. The number of rotatable bonds is 3. The second kappa shape index (κ2) is 3.13. The number of nitrogens with zero attached hydrogens (tertiary/aromatic N) is 3. The van der Waals surface area contributed by atoms with Crippen molar-refractivity contribution in [1.82, 2.24) is 9.78 Å². The number of hydrogen-bond acceptors (Lipinski definition) is 2. The maximum Gasteiger partial charge on any atom is 0.0693 e. The lowest BCUT2D eigenvalue weighted by atomic mass is 10.0. The molecule has 2 rings (SSSR count). The van der Waals surface area contributed by atoms with Crippen LogP contribution in [0.2, 0.25) is 0 Å². The van der Waals surface area contributed by atoms with Gasteiger partial charge in [-0.2, -0.15) is 10.4 Å². The van der Waals surface area contributed by atoms with Crippen LogP contribution in [0.3, 0.4) is 0 Å². The summed E-state index contributed by atoms with van der Waals surface area (Å²) in [4.78, 5) is 0. The van der Waals surface area contributed by atoms with Gasteiger partial charge in [-0.3, -0.25) is 4.68 Å². The molecule has 3 nitrogen and oxygen atoms in total. The highest BCUT2D eigenvalue weighted by Crippen LogP contribution is 2.47. The smallest absolute Gasteiger partial charge is 0.0693 e. The van der Waals surface area contributed by atoms with Crippen LogP contribution in [0.4, 0.5) is 0 Å². The molecule has 1 fully saturated rings. The van der Waals surface area contributed by atoms with Crippen LogP contribution in [-0.2, 0) is 13.0 Å². The Kier molecular flexibility index (Phi) is 2.07. The second-order valence-electron chi connectivity index (χ2n) is 4.16. The predicted molar refractivity (Wildman–Crippen MR) is 53.6 cm³/mol. The second-order valence-corrected chi connectivity index (χ2v) is 4.16. The molecule has 0 saturated heterocycles. The van der Waals surface area contributed by atoms with Crippen molar-refractivity contribution in [2.75, 3.05) is 0 Å². The average Bonchev–Trinajstić information content (AvgIpc) is 2.85. The van der Waals surface area contributed by atoms with Crippen molar-refractivity contribution in [3.63, 3.8) is 0 Å². The lowest BCUT2D eigenvalue weighted by Gasteiger charge is -2.06. The maximum absolute atomic E-state index is 9.01. The Morgan fingerprint density at radius 1 is 1.64 bits per heavy atom. The van der Waals surface area contributed by atoms with E-state index in [0.717, 1.165) is 31.5 Å². The summed E-state index contributed by atoms with van der Waals surface area (Å²) in [6, 6.07) is 4.52. The lowest BCUT2D eigenvalue weighted by Crippen LogP contribution is -2.08. The normalized spacial score (nSPS) is 17.8. The molecule has 1 heterocycles. The van der Waals surface area contributed by atoms with Gasteiger partial charge < -0.3 is 0 Å². The molecule has 0 unspecified atom stereocenters. The van der Waals surface area contributed by atoms with E-state index in [4.69, 9.17) is 5.26 Å². The van der Waals surface area contributed by atoms with E-state index in [1.807, 2.05) is 11.6 Å². The molecule has 1 aliphatic carbocycles. The summed E-state index contributed by atoms with van der Waals surface area (Å²) in [6.45, 7) is 4.98. The maximum atomic E-state index is 9.01. The number of nitriles is 1. The highest BCUT2D eigenvalue weighted by Gasteiger charge is 2.43. The van der Waals surface area contributed by atoms with Gasteiger partial charge in [0, 0.05) is 18.7 Å². The fraction of sp³-hybridized carbons (Fsp3) is 0.636. The molecule has 14 heavy (non-hydrogen) atoms. The van der Waals surface area contributed by atoms with E-state index in [2.05, 4.69) is 24.2 Å². The van der Waals surface area contributed by atoms with Gasteiger partial charge >= 0.3 is 0 Å². The average molecular weight is 189 g/mol. The van der Waals surface area contributed by atoms with Crippen molar-refractivity contribution in [1.29, 1.82) is 5.26 Å². The van der Waals surface area contributed by atoms with E-state index < -0.39 is 0 Å². The van der Waals surface area contributed by atoms with Gasteiger partial charge in [-0.15, -0.1) is 0 Å². The molecule has 1 aromatic rings. The van der Waals surface area contributed by atoms with E-state index in [1.165, 1.54) is 5.69 Å². The van der Waals surface area contributed by atoms with Crippen molar-refractivity contribution in [3.8, 4) is 6.07 Å². The van der Waals surface area contributed by atoms with Gasteiger partial charge in [0.1, 0.15) is 0 Å². The first-order valence-corrected chi connectivity index (χ1v) is 5.14. The summed E-state index contributed by atoms with van der Waals surface area (Å²) < 4.78 is 2.01. The minimum Gasteiger partial charge on any atom is -0.270 e. The molecule has 1 aromatic heterocycles. The first kappa shape index (κ1) is 9.26. The minimum atomic E-state index is -0.0562. The Morgan fingerprint density at radius 3 is 2.86 bits per heavy atom. The van der Waals surface area contributed by atoms with Crippen LogP contribution in [0.1, 0.15) is 31.2 Å². The summed E-state index contributed by atoms with van der Waals surface area (Å²) in [5, 5.41) is 13.4. The first-order chi connectivity index (χ1) is 6.69. The quantitative estimate of drug-likeness (QED) is 0.730. The molecule has 0 bridgehead atoms. The van der Waals surface area contributed by atoms with Crippen LogP contribution in [0.5, 0.6) is 0 Å². The predicted octanol–water partition coefficient (Wildman–Crippen LogP) is 2.06. The van der Waals surface area contributed by atoms with Gasteiger partial charge in [-0.25, -0.2) is 0 Å². The van der Waals surface area contributed by atoms with E-state index in [-0.39, 0.29) is 5.41 Å². The summed E-state index contributed by atoms with van der Waals surface area (Å²) in [5.74, 6) is 0. The first-order valence-electron chi connectivity index (χ1n) is 5.14. The van der Waals surface area contributed by atoms with Crippen molar-refractivity contribution < 1.29 is 0 Å². The lowest BCUT2D eigenvalue weighted by molar-refractivity contribution is 0.565. The Morgan fingerprint density at radius 2 is 2.36 bits per heavy atom. The third-order valence-electron chi connectivity index (χ3n) is 2.90. The van der Waals surface area contributed by atoms with Crippen molar-refractivity contribution in [2.24, 2.45) is 5.41 Å². The molecule has 1 aliphatic rings. The van der Waals surface area contributed by atoms with Crippen LogP contribution in [0, 0.1) is 23.7 Å². The Hall–Kier alpha value is -1.30. The summed E-state index contributed by atoms with van der Waals surface area (Å²) in [5.41, 5.74) is 2.21. The number of aryl methyl sites for hydroxylation is 2. The Bertz CT molecular complexity index is 380. The van der Waals surface area contributed by atoms with Crippen LogP contribution < -0.4 is 0 Å². The van der Waals surface area contributed by atoms with E-state index in [1.54, 1.807) is 0 Å². The van der Waals surface area contributed by atoms with Gasteiger partial charge in [0.2, 0.25) is 0 Å². The monoisotopic (exact) mass is 189 g/mol. The molecule has 1 saturated carbocycles. The minimum absolute atomic E-state index is 0.0562. The fourth-order valence-electron chi connectivity index (χ4n) is 1.84. The largest absolute Gasteiger partial charge is 0.270 e. The molecule has 0 radical (unpaired) electrons. The molecule has 0 N–H and O–H groups in total. The van der Waals surface area contributed by atoms with E-state index >= 15 is 0 Å². The van der Waals surface area contributed by atoms with Gasteiger partial charge in [0.15, 0.2) is 0 Å². The van der Waals surface area contributed by atoms with Gasteiger partial charge in [-0.05, 0) is 32.8 Å². The summed E-state index contributed by atoms with van der Waals surface area (Å²) in [7, 11) is 0. The number of hydrogen-bond donors (Lipinski definition) is 0. The van der Waals surface area contributed by atoms with Gasteiger partial charge in [-0.1, -0.05) is 0 Å². The van der Waals surface area contributed by atoms with E-state index in [0.29, 0.717) is 0 Å². The molecule has 0 spiro atoms. The molecule has 0 aromatic carbocycles. The molecular formula is C11H15N3. The van der Waals surface area contributed by atoms with E-state index in [9.17, 15) is 0 Å². The molecule has 0 amide bonds. The zero-order valence-electron chi connectivity index (χ0n) is 8.75. The summed E-state index contributed by atoms with van der Waals surface area (Å²) >= 11 is 0. The number of aromatic nitrogens is 2. The molecule has 3 heteroatoms. The molecule has 0 aliphatic heterocycles. The molecule has 0 atom stereocenters. The van der Waals surface area contributed by atoms with Crippen molar-refractivity contribution >= 4 is 0 Å². The van der Waals surface area contributed by atoms with Gasteiger partial charge in [0.25, 0.3) is 0 Å². The third kappa shape index (κ3) is 1.52. The highest BCUT2D eigenvalue weighted by atomic mass is 15.3. The highest BCUT2D eigenvalue weighted by molar-refractivity contribution is 5.19. The van der Waals surface area contributed by atoms with Crippen LogP contribution in [0.25, 0.3) is 0 Å². The van der Waals surface area contributed by atoms with Crippen molar-refractivity contribution in [3.05, 3.63) is 17.5 Å². The van der Waals surface area contributed by atoms with Crippen LogP contribution in [-0.4, -0.2) is 9.78 Å².